The third-order valence-electron chi connectivity index (χ3n) is 3.42. The molecule has 0 saturated heterocycles. The number of aryl methyl sites for hydroxylation is 1. The molecule has 2 unspecified atom stereocenters. The first-order valence-corrected chi connectivity index (χ1v) is 7.26. The largest absolute Gasteiger partial charge is 0.309 e. The summed E-state index contributed by atoms with van der Waals surface area (Å²) in [7, 11) is 0. The molecular formula is C14H21NS. The van der Waals surface area contributed by atoms with E-state index in [1.165, 1.54) is 23.3 Å². The fraction of sp³-hybridized carbons (Fsp3) is 0.571. The summed E-state index contributed by atoms with van der Waals surface area (Å²) in [6.07, 6.45) is 1.25. The minimum absolute atomic E-state index is 0.545. The second-order valence-electron chi connectivity index (χ2n) is 4.44. The molecule has 1 N–H and O–H groups in total. The van der Waals surface area contributed by atoms with Gasteiger partial charge in [-0.2, -0.15) is 11.8 Å². The Labute approximate surface area is 103 Å². The summed E-state index contributed by atoms with van der Waals surface area (Å²) in [6.45, 7) is 7.77. The van der Waals surface area contributed by atoms with Crippen LogP contribution in [0.4, 0.5) is 0 Å². The molecule has 0 saturated carbocycles. The molecule has 88 valence electrons. The summed E-state index contributed by atoms with van der Waals surface area (Å²) in [5, 5.41) is 4.38. The van der Waals surface area contributed by atoms with Crippen molar-refractivity contribution in [2.24, 2.45) is 0 Å². The summed E-state index contributed by atoms with van der Waals surface area (Å²) >= 11 is 2.11. The average Bonchev–Trinajstić information content (AvgIpc) is 2.30. The average molecular weight is 235 g/mol. The molecule has 16 heavy (non-hydrogen) atoms. The molecule has 1 aromatic carbocycles. The van der Waals surface area contributed by atoms with Gasteiger partial charge in [0, 0.05) is 17.0 Å². The number of hydrogen-bond acceptors (Lipinski definition) is 2. The number of nitrogens with one attached hydrogen (secondary N) is 1. The zero-order valence-corrected chi connectivity index (χ0v) is 11.2. The van der Waals surface area contributed by atoms with Gasteiger partial charge in [0.2, 0.25) is 0 Å². The van der Waals surface area contributed by atoms with Crippen LogP contribution in [0.1, 0.15) is 43.0 Å². The van der Waals surface area contributed by atoms with Crippen LogP contribution in [0.15, 0.2) is 18.2 Å². The predicted octanol–water partition coefficient (Wildman–Crippen LogP) is 3.67. The highest BCUT2D eigenvalue weighted by atomic mass is 32.2. The van der Waals surface area contributed by atoms with Crippen molar-refractivity contribution in [2.75, 3.05) is 6.54 Å². The monoisotopic (exact) mass is 235 g/mol. The Bertz CT molecular complexity index is 362. The van der Waals surface area contributed by atoms with Gasteiger partial charge in [-0.3, -0.25) is 0 Å². The molecule has 2 heteroatoms. The minimum Gasteiger partial charge on any atom is -0.309 e. The van der Waals surface area contributed by atoms with Gasteiger partial charge in [0.05, 0.1) is 0 Å². The summed E-state index contributed by atoms with van der Waals surface area (Å²) in [6, 6.07) is 7.28. The fourth-order valence-corrected chi connectivity index (χ4v) is 3.96. The van der Waals surface area contributed by atoms with E-state index >= 15 is 0 Å². The van der Waals surface area contributed by atoms with Crippen LogP contribution >= 0.6 is 11.8 Å². The highest BCUT2D eigenvalue weighted by Crippen LogP contribution is 2.40. The molecule has 2 atom stereocenters. The van der Waals surface area contributed by atoms with Gasteiger partial charge in [-0.25, -0.2) is 0 Å². The molecular weight excluding hydrogens is 214 g/mol. The molecule has 0 fully saturated rings. The second-order valence-corrected chi connectivity index (χ2v) is 5.66. The summed E-state index contributed by atoms with van der Waals surface area (Å²) in [4.78, 5) is 0. The topological polar surface area (TPSA) is 12.0 Å². The van der Waals surface area contributed by atoms with Crippen LogP contribution in [0.5, 0.6) is 0 Å². The van der Waals surface area contributed by atoms with Crippen molar-refractivity contribution in [1.29, 1.82) is 0 Å². The Kier molecular flexibility index (Phi) is 3.93. The molecule has 1 aliphatic rings. The number of fused-ring (bicyclic) bond motifs is 1. The third-order valence-corrected chi connectivity index (χ3v) is 4.91. The number of benzene rings is 1. The lowest BCUT2D eigenvalue weighted by molar-refractivity contribution is 0.513. The standard InChI is InChI=1S/C14H21NS/c1-4-13-14(15-5-2)11-8-6-7-10(3)12(11)9-16-13/h6-8,13-15H,4-5,9H2,1-3H3. The van der Waals surface area contributed by atoms with Gasteiger partial charge < -0.3 is 5.32 Å². The smallest absolute Gasteiger partial charge is 0.0443 e. The van der Waals surface area contributed by atoms with Gasteiger partial charge in [-0.15, -0.1) is 0 Å². The second kappa shape index (κ2) is 5.24. The molecule has 1 aliphatic heterocycles. The van der Waals surface area contributed by atoms with Crippen LogP contribution in [0.25, 0.3) is 0 Å². The van der Waals surface area contributed by atoms with Crippen molar-refractivity contribution in [1.82, 2.24) is 5.32 Å². The van der Waals surface area contributed by atoms with Gasteiger partial charge >= 0.3 is 0 Å². The molecule has 0 spiro atoms. The third kappa shape index (κ3) is 2.14. The first-order chi connectivity index (χ1) is 7.77. The Balaban J connectivity index is 2.37. The molecule has 1 heterocycles. The van der Waals surface area contributed by atoms with E-state index in [4.69, 9.17) is 0 Å². The zero-order valence-electron chi connectivity index (χ0n) is 10.4. The molecule has 0 radical (unpaired) electrons. The number of thioether (sulfide) groups is 1. The maximum atomic E-state index is 3.65. The van der Waals surface area contributed by atoms with Crippen molar-refractivity contribution in [3.05, 3.63) is 34.9 Å². The van der Waals surface area contributed by atoms with Crippen molar-refractivity contribution < 1.29 is 0 Å². The Morgan fingerprint density at radius 1 is 1.38 bits per heavy atom. The molecule has 0 bridgehead atoms. The van der Waals surface area contributed by atoms with Crippen molar-refractivity contribution in [2.45, 2.75) is 44.2 Å². The SMILES string of the molecule is CCNC1c2cccc(C)c2CSC1CC. The van der Waals surface area contributed by atoms with Crippen molar-refractivity contribution in [3.63, 3.8) is 0 Å². The maximum Gasteiger partial charge on any atom is 0.0443 e. The van der Waals surface area contributed by atoms with E-state index in [1.54, 1.807) is 5.56 Å². The molecule has 0 aromatic heterocycles. The predicted molar refractivity (Wildman–Crippen MR) is 73.0 cm³/mol. The molecule has 0 aliphatic carbocycles. The zero-order chi connectivity index (χ0) is 11.5. The van der Waals surface area contributed by atoms with Gasteiger partial charge in [-0.1, -0.05) is 32.0 Å². The van der Waals surface area contributed by atoms with E-state index in [9.17, 15) is 0 Å². The molecule has 1 nitrogen and oxygen atoms in total. The van der Waals surface area contributed by atoms with Gasteiger partial charge in [0.1, 0.15) is 0 Å². The lowest BCUT2D eigenvalue weighted by Gasteiger charge is -2.34. The van der Waals surface area contributed by atoms with Gasteiger partial charge in [-0.05, 0) is 36.6 Å². The Morgan fingerprint density at radius 3 is 2.88 bits per heavy atom. The van der Waals surface area contributed by atoms with Crippen LogP contribution in [-0.2, 0) is 5.75 Å². The Morgan fingerprint density at radius 2 is 2.19 bits per heavy atom. The molecule has 1 aromatic rings. The maximum absolute atomic E-state index is 3.65. The van der Waals surface area contributed by atoms with E-state index < -0.39 is 0 Å². The molecule has 2 rings (SSSR count). The van der Waals surface area contributed by atoms with E-state index in [0.29, 0.717) is 6.04 Å². The summed E-state index contributed by atoms with van der Waals surface area (Å²) in [5.74, 6) is 1.18. The van der Waals surface area contributed by atoms with Crippen LogP contribution in [0.2, 0.25) is 0 Å². The van der Waals surface area contributed by atoms with Crippen LogP contribution in [-0.4, -0.2) is 11.8 Å². The lowest BCUT2D eigenvalue weighted by Crippen LogP contribution is -2.33. The molecule has 0 amide bonds. The minimum atomic E-state index is 0.545. The lowest BCUT2D eigenvalue weighted by atomic mass is 9.93. The van der Waals surface area contributed by atoms with Crippen LogP contribution in [0.3, 0.4) is 0 Å². The highest BCUT2D eigenvalue weighted by Gasteiger charge is 2.28. The first-order valence-electron chi connectivity index (χ1n) is 6.21. The van der Waals surface area contributed by atoms with E-state index in [2.05, 4.69) is 56.0 Å². The Hall–Kier alpha value is -0.470. The van der Waals surface area contributed by atoms with Crippen LogP contribution in [0, 0.1) is 6.92 Å². The normalized spacial score (nSPS) is 24.2. The highest BCUT2D eigenvalue weighted by molar-refractivity contribution is 7.99. The van der Waals surface area contributed by atoms with Crippen molar-refractivity contribution >= 4 is 11.8 Å². The van der Waals surface area contributed by atoms with Crippen LogP contribution < -0.4 is 5.32 Å². The van der Waals surface area contributed by atoms with E-state index in [1.807, 2.05) is 0 Å². The van der Waals surface area contributed by atoms with Gasteiger partial charge in [0.15, 0.2) is 0 Å². The van der Waals surface area contributed by atoms with Gasteiger partial charge in [0.25, 0.3) is 0 Å². The fourth-order valence-electron chi connectivity index (χ4n) is 2.52. The van der Waals surface area contributed by atoms with Crippen molar-refractivity contribution in [3.8, 4) is 0 Å². The summed E-state index contributed by atoms with van der Waals surface area (Å²) in [5.41, 5.74) is 4.54. The number of hydrogen-bond donors (Lipinski definition) is 1. The van der Waals surface area contributed by atoms with E-state index in [0.717, 1.165) is 11.8 Å². The summed E-state index contributed by atoms with van der Waals surface area (Å²) < 4.78 is 0. The number of rotatable bonds is 3. The first kappa shape index (κ1) is 12.0. The van der Waals surface area contributed by atoms with E-state index in [-0.39, 0.29) is 0 Å². The quantitative estimate of drug-likeness (QED) is 0.858.